The third kappa shape index (κ3) is 4.46. The van der Waals surface area contributed by atoms with Gasteiger partial charge in [-0.2, -0.15) is 0 Å². The Labute approximate surface area is 104 Å². The van der Waals surface area contributed by atoms with Crippen LogP contribution in [0.5, 0.6) is 0 Å². The summed E-state index contributed by atoms with van der Waals surface area (Å²) in [5.74, 6) is 0.511. The Balaban J connectivity index is 2.60. The van der Waals surface area contributed by atoms with E-state index < -0.39 is 6.10 Å². The second-order valence-electron chi connectivity index (χ2n) is 4.79. The molecular formula is C14H23NO2. The molecule has 0 saturated carbocycles. The molecule has 96 valence electrons. The van der Waals surface area contributed by atoms with Crippen molar-refractivity contribution >= 4 is 0 Å². The summed E-state index contributed by atoms with van der Waals surface area (Å²) in [5.41, 5.74) is 8.01. The summed E-state index contributed by atoms with van der Waals surface area (Å²) < 4.78 is 4.95. The average Bonchev–Trinajstić information content (AvgIpc) is 2.29. The maximum Gasteiger partial charge on any atom is 0.0805 e. The van der Waals surface area contributed by atoms with Gasteiger partial charge in [0.1, 0.15) is 0 Å². The first-order chi connectivity index (χ1) is 8.04. The molecule has 2 atom stereocenters. The second kappa shape index (κ2) is 6.74. The van der Waals surface area contributed by atoms with Crippen LogP contribution in [0.4, 0.5) is 0 Å². The molecule has 0 saturated heterocycles. The van der Waals surface area contributed by atoms with Crippen molar-refractivity contribution in [3.05, 3.63) is 35.4 Å². The van der Waals surface area contributed by atoms with Gasteiger partial charge in [-0.3, -0.25) is 0 Å². The van der Waals surface area contributed by atoms with Crippen LogP contribution >= 0.6 is 0 Å². The van der Waals surface area contributed by atoms with Crippen LogP contribution in [0.15, 0.2) is 24.3 Å². The summed E-state index contributed by atoms with van der Waals surface area (Å²) in [6.07, 6.45) is 0.0101. The number of rotatable bonds is 6. The van der Waals surface area contributed by atoms with E-state index in [1.54, 1.807) is 7.11 Å². The monoisotopic (exact) mass is 237 g/mol. The summed E-state index contributed by atoms with van der Waals surface area (Å²) >= 11 is 0. The molecule has 0 heterocycles. The molecule has 0 spiro atoms. The molecule has 1 aromatic carbocycles. The van der Waals surface area contributed by atoms with Crippen molar-refractivity contribution < 1.29 is 9.84 Å². The number of ether oxygens (including phenoxy) is 1. The van der Waals surface area contributed by atoms with Crippen LogP contribution in [0, 0.1) is 0 Å². The van der Waals surface area contributed by atoms with Gasteiger partial charge in [0.15, 0.2) is 0 Å². The van der Waals surface area contributed by atoms with Gasteiger partial charge in [0.25, 0.3) is 0 Å². The molecule has 0 amide bonds. The highest BCUT2D eigenvalue weighted by molar-refractivity contribution is 5.26. The maximum atomic E-state index is 10.0. The van der Waals surface area contributed by atoms with Crippen molar-refractivity contribution in [3.63, 3.8) is 0 Å². The molecule has 1 aromatic rings. The zero-order valence-electron chi connectivity index (χ0n) is 10.9. The van der Waals surface area contributed by atoms with Crippen LogP contribution in [0.25, 0.3) is 0 Å². The first-order valence-corrected chi connectivity index (χ1v) is 6.07. The molecule has 0 aliphatic carbocycles. The third-order valence-electron chi connectivity index (χ3n) is 2.89. The Morgan fingerprint density at radius 3 is 2.18 bits per heavy atom. The normalized spacial score (nSPS) is 14.9. The summed E-state index contributed by atoms with van der Waals surface area (Å²) in [6.45, 7) is 4.78. The Morgan fingerprint density at radius 1 is 1.18 bits per heavy atom. The van der Waals surface area contributed by atoms with Gasteiger partial charge < -0.3 is 15.6 Å². The zero-order chi connectivity index (χ0) is 12.8. The Kier molecular flexibility index (Phi) is 5.62. The van der Waals surface area contributed by atoms with E-state index in [0.717, 1.165) is 5.56 Å². The van der Waals surface area contributed by atoms with E-state index in [4.69, 9.17) is 10.5 Å². The van der Waals surface area contributed by atoms with E-state index in [2.05, 4.69) is 26.0 Å². The second-order valence-corrected chi connectivity index (χ2v) is 4.79. The fourth-order valence-electron chi connectivity index (χ4n) is 1.81. The van der Waals surface area contributed by atoms with Crippen LogP contribution < -0.4 is 5.73 Å². The van der Waals surface area contributed by atoms with E-state index >= 15 is 0 Å². The van der Waals surface area contributed by atoms with Crippen molar-refractivity contribution in [3.8, 4) is 0 Å². The predicted octanol–water partition coefficient (Wildman–Crippen LogP) is 2.21. The van der Waals surface area contributed by atoms with E-state index in [0.29, 0.717) is 18.9 Å². The standard InChI is InChI=1S/C14H23NO2/c1-10(2)11-4-6-12(7-5-11)14(16)8-13(15)9-17-3/h4-7,10,13-14,16H,8-9,15H2,1-3H3. The lowest BCUT2D eigenvalue weighted by Gasteiger charge is -2.16. The summed E-state index contributed by atoms with van der Waals surface area (Å²) in [4.78, 5) is 0. The highest BCUT2D eigenvalue weighted by Gasteiger charge is 2.12. The highest BCUT2D eigenvalue weighted by Crippen LogP contribution is 2.21. The number of benzene rings is 1. The Morgan fingerprint density at radius 2 is 1.71 bits per heavy atom. The molecule has 3 heteroatoms. The molecule has 3 N–H and O–H groups in total. The van der Waals surface area contributed by atoms with Crippen LogP contribution in [-0.2, 0) is 4.74 Å². The number of aliphatic hydroxyl groups excluding tert-OH is 1. The fourth-order valence-corrected chi connectivity index (χ4v) is 1.81. The number of methoxy groups -OCH3 is 1. The van der Waals surface area contributed by atoms with Crippen LogP contribution in [0.1, 0.15) is 43.4 Å². The molecule has 0 bridgehead atoms. The zero-order valence-corrected chi connectivity index (χ0v) is 10.9. The molecule has 0 radical (unpaired) electrons. The van der Waals surface area contributed by atoms with Gasteiger partial charge >= 0.3 is 0 Å². The topological polar surface area (TPSA) is 55.5 Å². The SMILES string of the molecule is COCC(N)CC(O)c1ccc(C(C)C)cc1. The molecule has 3 nitrogen and oxygen atoms in total. The first kappa shape index (κ1) is 14.2. The molecule has 0 aromatic heterocycles. The maximum absolute atomic E-state index is 10.0. The van der Waals surface area contributed by atoms with E-state index in [1.165, 1.54) is 5.56 Å². The lowest BCUT2D eigenvalue weighted by atomic mass is 9.98. The quantitative estimate of drug-likeness (QED) is 0.797. The minimum absolute atomic E-state index is 0.125. The fraction of sp³-hybridized carbons (Fsp3) is 0.571. The van der Waals surface area contributed by atoms with Gasteiger partial charge in [-0.15, -0.1) is 0 Å². The molecule has 0 fully saturated rings. The van der Waals surface area contributed by atoms with E-state index in [-0.39, 0.29) is 6.04 Å². The molecular weight excluding hydrogens is 214 g/mol. The van der Waals surface area contributed by atoms with Gasteiger partial charge in [0.05, 0.1) is 12.7 Å². The van der Waals surface area contributed by atoms with Crippen LogP contribution in [0.3, 0.4) is 0 Å². The lowest BCUT2D eigenvalue weighted by molar-refractivity contribution is 0.122. The van der Waals surface area contributed by atoms with Crippen molar-refractivity contribution in [1.29, 1.82) is 0 Å². The van der Waals surface area contributed by atoms with Gasteiger partial charge in [0, 0.05) is 13.2 Å². The molecule has 2 unspecified atom stereocenters. The smallest absolute Gasteiger partial charge is 0.0805 e. The van der Waals surface area contributed by atoms with Crippen molar-refractivity contribution in [2.75, 3.05) is 13.7 Å². The molecule has 0 aliphatic rings. The summed E-state index contributed by atoms with van der Waals surface area (Å²) in [7, 11) is 1.61. The lowest BCUT2D eigenvalue weighted by Crippen LogP contribution is -2.27. The molecule has 0 aliphatic heterocycles. The highest BCUT2D eigenvalue weighted by atomic mass is 16.5. The van der Waals surface area contributed by atoms with Gasteiger partial charge in [0.2, 0.25) is 0 Å². The van der Waals surface area contributed by atoms with Gasteiger partial charge in [-0.05, 0) is 23.5 Å². The number of hydrogen-bond acceptors (Lipinski definition) is 3. The number of hydrogen-bond donors (Lipinski definition) is 2. The van der Waals surface area contributed by atoms with Crippen molar-refractivity contribution in [2.45, 2.75) is 38.3 Å². The Hall–Kier alpha value is -0.900. The summed E-state index contributed by atoms with van der Waals surface area (Å²) in [6, 6.07) is 7.94. The van der Waals surface area contributed by atoms with Gasteiger partial charge in [-0.25, -0.2) is 0 Å². The minimum Gasteiger partial charge on any atom is -0.388 e. The predicted molar refractivity (Wildman–Crippen MR) is 70.0 cm³/mol. The van der Waals surface area contributed by atoms with E-state index in [1.807, 2.05) is 12.1 Å². The average molecular weight is 237 g/mol. The minimum atomic E-state index is -0.513. The van der Waals surface area contributed by atoms with E-state index in [9.17, 15) is 5.11 Å². The van der Waals surface area contributed by atoms with Crippen molar-refractivity contribution in [1.82, 2.24) is 0 Å². The first-order valence-electron chi connectivity index (χ1n) is 6.07. The van der Waals surface area contributed by atoms with Crippen LogP contribution in [0.2, 0.25) is 0 Å². The largest absolute Gasteiger partial charge is 0.388 e. The number of aliphatic hydroxyl groups is 1. The van der Waals surface area contributed by atoms with Crippen molar-refractivity contribution in [2.24, 2.45) is 5.73 Å². The molecule has 17 heavy (non-hydrogen) atoms. The van der Waals surface area contributed by atoms with Gasteiger partial charge in [-0.1, -0.05) is 38.1 Å². The summed E-state index contributed by atoms with van der Waals surface area (Å²) in [5, 5.41) is 10.0. The van der Waals surface area contributed by atoms with Crippen LogP contribution in [-0.4, -0.2) is 24.9 Å². The third-order valence-corrected chi connectivity index (χ3v) is 2.89. The molecule has 1 rings (SSSR count). The number of nitrogens with two attached hydrogens (primary N) is 1. The Bertz CT molecular complexity index is 321.